The summed E-state index contributed by atoms with van der Waals surface area (Å²) in [6.07, 6.45) is 0.994. The summed E-state index contributed by atoms with van der Waals surface area (Å²) in [5.41, 5.74) is 11.4. The minimum absolute atomic E-state index is 0.149. The highest BCUT2D eigenvalue weighted by Crippen LogP contribution is 1.99. The van der Waals surface area contributed by atoms with E-state index in [4.69, 9.17) is 16.6 Å². The number of hydrogen-bond acceptors (Lipinski definition) is 8. The Labute approximate surface area is 170 Å². The Kier molecular flexibility index (Phi) is 9.38. The average molecular weight is 427 g/mol. The molecule has 14 heteroatoms. The molecule has 1 rings (SSSR count). The van der Waals surface area contributed by atoms with Crippen LogP contribution in [0.15, 0.2) is 12.5 Å². The number of aromatic nitrogens is 2. The number of aliphatic hydroxyl groups excluding tert-OH is 1. The number of nitrogens with two attached hydrogens (primary N) is 2. The number of carboxylic acid groups (broad SMARTS) is 1. The van der Waals surface area contributed by atoms with E-state index < -0.39 is 66.8 Å². The molecule has 4 unspecified atom stereocenters. The van der Waals surface area contributed by atoms with E-state index >= 15 is 0 Å². The van der Waals surface area contributed by atoms with Crippen LogP contribution in [-0.4, -0.2) is 80.6 Å². The van der Waals surface area contributed by atoms with E-state index in [0.717, 1.165) is 6.92 Å². The lowest BCUT2D eigenvalue weighted by molar-refractivity contribution is -0.145. The van der Waals surface area contributed by atoms with Crippen LogP contribution < -0.4 is 27.4 Å². The summed E-state index contributed by atoms with van der Waals surface area (Å²) in [6, 6.07) is -4.14. The number of aliphatic carboxylic acids is 1. The minimum Gasteiger partial charge on any atom is -0.480 e. The van der Waals surface area contributed by atoms with Gasteiger partial charge in [0, 0.05) is 18.3 Å². The van der Waals surface area contributed by atoms with Crippen molar-refractivity contribution < 1.29 is 34.2 Å². The molecule has 0 bridgehead atoms. The van der Waals surface area contributed by atoms with E-state index in [9.17, 15) is 29.1 Å². The minimum atomic E-state index is -1.66. The van der Waals surface area contributed by atoms with Gasteiger partial charge in [0.15, 0.2) is 6.04 Å². The van der Waals surface area contributed by atoms with Crippen LogP contribution in [0.1, 0.15) is 19.0 Å². The van der Waals surface area contributed by atoms with Crippen molar-refractivity contribution in [3.63, 3.8) is 0 Å². The van der Waals surface area contributed by atoms with E-state index in [1.165, 1.54) is 12.5 Å². The maximum absolute atomic E-state index is 12.2. The summed E-state index contributed by atoms with van der Waals surface area (Å²) in [6.45, 7) is 0.583. The number of amides is 4. The molecule has 0 aliphatic heterocycles. The van der Waals surface area contributed by atoms with Crippen LogP contribution in [0.4, 0.5) is 0 Å². The Morgan fingerprint density at radius 1 is 1.20 bits per heavy atom. The second-order valence-corrected chi connectivity index (χ2v) is 6.46. The third-order valence-electron chi connectivity index (χ3n) is 3.86. The Morgan fingerprint density at radius 2 is 1.87 bits per heavy atom. The number of nitrogens with zero attached hydrogens (tertiary/aromatic N) is 1. The van der Waals surface area contributed by atoms with Gasteiger partial charge in [-0.25, -0.2) is 9.78 Å². The molecular formula is C16H25N7O7. The number of rotatable bonds is 12. The SMILES string of the molecule is CC(O)C(NC(=O)C(CC(N)=O)NC(=O)CNC(=O)C(N)Cc1cnc[nH]1)C(=O)O. The van der Waals surface area contributed by atoms with Crippen LogP contribution in [0.5, 0.6) is 0 Å². The largest absolute Gasteiger partial charge is 0.480 e. The highest BCUT2D eigenvalue weighted by molar-refractivity contribution is 5.95. The Hall–Kier alpha value is -3.52. The van der Waals surface area contributed by atoms with Gasteiger partial charge in [0.1, 0.15) is 6.04 Å². The van der Waals surface area contributed by atoms with Gasteiger partial charge in [-0.1, -0.05) is 0 Å². The fourth-order valence-corrected chi connectivity index (χ4v) is 2.32. The molecule has 0 spiro atoms. The zero-order chi connectivity index (χ0) is 22.8. The molecule has 0 aliphatic rings. The monoisotopic (exact) mass is 427 g/mol. The molecular weight excluding hydrogens is 402 g/mol. The van der Waals surface area contributed by atoms with E-state index in [1.807, 2.05) is 5.32 Å². The van der Waals surface area contributed by atoms with Gasteiger partial charge in [-0.05, 0) is 6.92 Å². The fraction of sp³-hybridized carbons (Fsp3) is 0.500. The summed E-state index contributed by atoms with van der Waals surface area (Å²) in [5.74, 6) is -4.98. The highest BCUT2D eigenvalue weighted by atomic mass is 16.4. The van der Waals surface area contributed by atoms with E-state index in [1.54, 1.807) is 0 Å². The molecule has 0 saturated carbocycles. The number of carboxylic acids is 1. The topological polar surface area (TPSA) is 243 Å². The Bertz CT molecular complexity index is 766. The van der Waals surface area contributed by atoms with Crippen LogP contribution in [-0.2, 0) is 30.4 Å². The summed E-state index contributed by atoms with van der Waals surface area (Å²) < 4.78 is 0. The van der Waals surface area contributed by atoms with E-state index in [0.29, 0.717) is 5.69 Å². The van der Waals surface area contributed by atoms with Crippen LogP contribution in [0, 0.1) is 0 Å². The van der Waals surface area contributed by atoms with Crippen molar-refractivity contribution in [2.24, 2.45) is 11.5 Å². The third-order valence-corrected chi connectivity index (χ3v) is 3.86. The lowest BCUT2D eigenvalue weighted by atomic mass is 10.1. The number of imidazole rings is 1. The summed E-state index contributed by atoms with van der Waals surface area (Å²) in [4.78, 5) is 65.1. The van der Waals surface area contributed by atoms with Crippen LogP contribution in [0.3, 0.4) is 0 Å². The van der Waals surface area contributed by atoms with Crippen molar-refractivity contribution in [3.8, 4) is 0 Å². The van der Waals surface area contributed by atoms with Gasteiger partial charge in [0.05, 0.1) is 31.4 Å². The molecule has 166 valence electrons. The average Bonchev–Trinajstić information content (AvgIpc) is 3.15. The molecule has 10 N–H and O–H groups in total. The van der Waals surface area contributed by atoms with Gasteiger partial charge >= 0.3 is 5.97 Å². The number of primary amides is 1. The standard InChI is InChI=1S/C16H25N7O7/c1-7(24)13(16(29)30)23-15(28)10(3-11(18)25)22-12(26)5-20-14(27)9(17)2-8-4-19-6-21-8/h4,6-7,9-10,13,24H,2-3,5,17H2,1H3,(H2,18,25)(H,19,21)(H,20,27)(H,22,26)(H,23,28)(H,29,30). The number of carbonyl (C=O) groups is 5. The van der Waals surface area contributed by atoms with Gasteiger partial charge < -0.3 is 42.6 Å². The molecule has 0 aliphatic carbocycles. The van der Waals surface area contributed by atoms with Gasteiger partial charge in [-0.3, -0.25) is 19.2 Å². The molecule has 0 saturated heterocycles. The number of aliphatic hydroxyl groups is 1. The molecule has 1 heterocycles. The van der Waals surface area contributed by atoms with Gasteiger partial charge in [-0.15, -0.1) is 0 Å². The maximum Gasteiger partial charge on any atom is 0.328 e. The van der Waals surface area contributed by atoms with E-state index in [2.05, 4.69) is 20.6 Å². The van der Waals surface area contributed by atoms with Gasteiger partial charge in [0.25, 0.3) is 0 Å². The number of carbonyl (C=O) groups excluding carboxylic acids is 4. The zero-order valence-electron chi connectivity index (χ0n) is 16.1. The number of nitrogens with one attached hydrogen (secondary N) is 4. The molecule has 4 atom stereocenters. The first-order valence-corrected chi connectivity index (χ1v) is 8.80. The quantitative estimate of drug-likeness (QED) is 0.161. The molecule has 1 aromatic heterocycles. The molecule has 1 aromatic rings. The molecule has 0 fully saturated rings. The number of hydrogen-bond donors (Lipinski definition) is 8. The second kappa shape index (κ2) is 11.5. The first-order valence-electron chi connectivity index (χ1n) is 8.80. The zero-order valence-corrected chi connectivity index (χ0v) is 16.1. The summed E-state index contributed by atoms with van der Waals surface area (Å²) >= 11 is 0. The van der Waals surface area contributed by atoms with Crippen LogP contribution in [0.2, 0.25) is 0 Å². The first-order chi connectivity index (χ1) is 14.0. The lowest BCUT2D eigenvalue weighted by Crippen LogP contribution is -2.56. The van der Waals surface area contributed by atoms with Gasteiger partial charge in [0.2, 0.25) is 23.6 Å². The highest BCUT2D eigenvalue weighted by Gasteiger charge is 2.30. The lowest BCUT2D eigenvalue weighted by Gasteiger charge is -2.22. The van der Waals surface area contributed by atoms with E-state index in [-0.39, 0.29) is 6.42 Å². The van der Waals surface area contributed by atoms with Crippen LogP contribution in [0.25, 0.3) is 0 Å². The fourth-order valence-electron chi connectivity index (χ4n) is 2.32. The predicted molar refractivity (Wildman–Crippen MR) is 100 cm³/mol. The first kappa shape index (κ1) is 24.5. The Morgan fingerprint density at radius 3 is 2.37 bits per heavy atom. The maximum atomic E-state index is 12.2. The molecule has 0 aromatic carbocycles. The summed E-state index contributed by atoms with van der Waals surface area (Å²) in [7, 11) is 0. The van der Waals surface area contributed by atoms with Crippen molar-refractivity contribution >= 4 is 29.6 Å². The van der Waals surface area contributed by atoms with Crippen molar-refractivity contribution in [1.29, 1.82) is 0 Å². The molecule has 4 amide bonds. The third kappa shape index (κ3) is 8.24. The predicted octanol–water partition coefficient (Wildman–Crippen LogP) is -4.29. The van der Waals surface area contributed by atoms with Crippen molar-refractivity contribution in [2.45, 2.75) is 44.0 Å². The Balaban J connectivity index is 2.63. The van der Waals surface area contributed by atoms with Crippen molar-refractivity contribution in [1.82, 2.24) is 25.9 Å². The molecule has 0 radical (unpaired) electrons. The van der Waals surface area contributed by atoms with Crippen molar-refractivity contribution in [2.75, 3.05) is 6.54 Å². The normalized spacial score (nSPS) is 14.6. The summed E-state index contributed by atoms with van der Waals surface area (Å²) in [5, 5.41) is 24.9. The molecule has 30 heavy (non-hydrogen) atoms. The molecule has 14 nitrogen and oxygen atoms in total. The van der Waals surface area contributed by atoms with Crippen molar-refractivity contribution in [3.05, 3.63) is 18.2 Å². The number of H-pyrrole nitrogens is 1. The number of aromatic amines is 1. The second-order valence-electron chi connectivity index (χ2n) is 6.46. The smallest absolute Gasteiger partial charge is 0.328 e. The van der Waals surface area contributed by atoms with Crippen LogP contribution >= 0.6 is 0 Å². The van der Waals surface area contributed by atoms with Gasteiger partial charge in [-0.2, -0.15) is 0 Å².